The van der Waals surface area contributed by atoms with Gasteiger partial charge in [0.05, 0.1) is 0 Å². The highest BCUT2D eigenvalue weighted by atomic mass is 15.1. The number of hydrogen-bond acceptors (Lipinski definition) is 4. The van der Waals surface area contributed by atoms with E-state index < -0.39 is 0 Å². The number of hydrogen-bond donors (Lipinski definition) is 2. The van der Waals surface area contributed by atoms with Crippen LogP contribution in [0.2, 0.25) is 0 Å². The molecule has 1 aromatic heterocycles. The first-order valence-corrected chi connectivity index (χ1v) is 7.92. The van der Waals surface area contributed by atoms with Gasteiger partial charge in [-0.25, -0.2) is 9.97 Å². The Hall–Kier alpha value is -1.32. The third-order valence-electron chi connectivity index (χ3n) is 4.18. The smallest absolute Gasteiger partial charge is 0.135 e. The van der Waals surface area contributed by atoms with E-state index in [0.29, 0.717) is 5.92 Å². The van der Waals surface area contributed by atoms with E-state index in [2.05, 4.69) is 48.3 Å². The van der Waals surface area contributed by atoms with Crippen molar-refractivity contribution < 1.29 is 0 Å². The van der Waals surface area contributed by atoms with Crippen LogP contribution in [0.3, 0.4) is 0 Å². The van der Waals surface area contributed by atoms with Gasteiger partial charge in [0.15, 0.2) is 0 Å². The Morgan fingerprint density at radius 2 is 1.80 bits per heavy atom. The first-order chi connectivity index (χ1) is 9.56. The Morgan fingerprint density at radius 3 is 2.40 bits per heavy atom. The van der Waals surface area contributed by atoms with Gasteiger partial charge >= 0.3 is 0 Å². The zero-order valence-corrected chi connectivity index (χ0v) is 13.3. The minimum Gasteiger partial charge on any atom is -0.370 e. The molecule has 20 heavy (non-hydrogen) atoms. The maximum atomic E-state index is 4.52. The lowest BCUT2D eigenvalue weighted by molar-refractivity contribution is 0.348. The molecule has 0 radical (unpaired) electrons. The van der Waals surface area contributed by atoms with Crippen molar-refractivity contribution in [2.45, 2.75) is 71.3 Å². The van der Waals surface area contributed by atoms with Gasteiger partial charge in [-0.2, -0.15) is 0 Å². The summed E-state index contributed by atoms with van der Waals surface area (Å²) in [6, 6.07) is 0. The molecular weight excluding hydrogens is 248 g/mol. The summed E-state index contributed by atoms with van der Waals surface area (Å²) in [5.41, 5.74) is 1.39. The molecule has 0 aromatic carbocycles. The molecule has 2 N–H and O–H groups in total. The summed E-state index contributed by atoms with van der Waals surface area (Å²) in [4.78, 5) is 8.92. The van der Waals surface area contributed by atoms with Crippen LogP contribution in [0.5, 0.6) is 0 Å². The van der Waals surface area contributed by atoms with Crippen molar-refractivity contribution >= 4 is 11.6 Å². The zero-order chi connectivity index (χ0) is 14.6. The van der Waals surface area contributed by atoms with E-state index in [1.165, 1.54) is 37.7 Å². The van der Waals surface area contributed by atoms with Crippen LogP contribution < -0.4 is 10.6 Å². The predicted octanol–water partition coefficient (Wildman–Crippen LogP) is 4.17. The van der Waals surface area contributed by atoms with Gasteiger partial charge in [-0.1, -0.05) is 33.1 Å². The molecule has 1 aliphatic carbocycles. The van der Waals surface area contributed by atoms with E-state index in [-0.39, 0.29) is 5.54 Å². The van der Waals surface area contributed by atoms with Gasteiger partial charge in [0.2, 0.25) is 0 Å². The van der Waals surface area contributed by atoms with Crippen LogP contribution >= 0.6 is 0 Å². The molecule has 112 valence electrons. The lowest BCUT2D eigenvalue weighted by atomic mass is 9.83. The zero-order valence-electron chi connectivity index (χ0n) is 13.3. The normalized spacial score (nSPS) is 18.1. The third kappa shape index (κ3) is 3.41. The summed E-state index contributed by atoms with van der Waals surface area (Å²) in [5.74, 6) is 2.38. The van der Waals surface area contributed by atoms with E-state index in [0.717, 1.165) is 18.2 Å². The second-order valence-corrected chi connectivity index (χ2v) is 6.42. The van der Waals surface area contributed by atoms with Gasteiger partial charge in [0.25, 0.3) is 0 Å². The minimum absolute atomic E-state index is 0.180. The highest BCUT2D eigenvalue weighted by molar-refractivity contribution is 5.59. The monoisotopic (exact) mass is 276 g/mol. The van der Waals surface area contributed by atoms with E-state index >= 15 is 0 Å². The van der Waals surface area contributed by atoms with Crippen LogP contribution in [0.15, 0.2) is 6.33 Å². The molecule has 2 rings (SSSR count). The summed E-state index contributed by atoms with van der Waals surface area (Å²) in [6.45, 7) is 9.71. The summed E-state index contributed by atoms with van der Waals surface area (Å²) < 4.78 is 0. The Labute approximate surface area is 122 Å². The number of anilines is 2. The molecule has 4 nitrogen and oxygen atoms in total. The van der Waals surface area contributed by atoms with Crippen LogP contribution in [-0.4, -0.2) is 22.1 Å². The number of nitrogens with one attached hydrogen (secondary N) is 2. The van der Waals surface area contributed by atoms with Gasteiger partial charge in [-0.05, 0) is 32.6 Å². The van der Waals surface area contributed by atoms with Crippen LogP contribution in [0.4, 0.5) is 11.6 Å². The summed E-state index contributed by atoms with van der Waals surface area (Å²) >= 11 is 0. The summed E-state index contributed by atoms with van der Waals surface area (Å²) in [6.07, 6.45) is 8.10. The van der Waals surface area contributed by atoms with Gasteiger partial charge in [-0.3, -0.25) is 0 Å². The molecule has 0 aliphatic heterocycles. The lowest BCUT2D eigenvalue weighted by Gasteiger charge is -2.36. The summed E-state index contributed by atoms with van der Waals surface area (Å²) in [5, 5.41) is 7.07. The number of nitrogens with zero attached hydrogens (tertiary/aromatic N) is 2. The van der Waals surface area contributed by atoms with Crippen molar-refractivity contribution in [2.75, 3.05) is 17.2 Å². The first-order valence-electron chi connectivity index (χ1n) is 7.92. The fourth-order valence-electron chi connectivity index (χ4n) is 3.09. The topological polar surface area (TPSA) is 49.8 Å². The summed E-state index contributed by atoms with van der Waals surface area (Å²) in [7, 11) is 0. The predicted molar refractivity (Wildman–Crippen MR) is 85.4 cm³/mol. The highest BCUT2D eigenvalue weighted by Crippen LogP contribution is 2.35. The quantitative estimate of drug-likeness (QED) is 0.847. The van der Waals surface area contributed by atoms with Crippen molar-refractivity contribution in [2.24, 2.45) is 0 Å². The fraction of sp³-hybridized carbons (Fsp3) is 0.750. The molecule has 0 bridgehead atoms. The fourth-order valence-corrected chi connectivity index (χ4v) is 3.09. The van der Waals surface area contributed by atoms with Crippen LogP contribution in [0.25, 0.3) is 0 Å². The number of rotatable bonds is 5. The van der Waals surface area contributed by atoms with E-state index in [1.807, 2.05) is 0 Å². The molecule has 4 heteroatoms. The molecule has 0 spiro atoms. The molecule has 1 fully saturated rings. The van der Waals surface area contributed by atoms with Gasteiger partial charge in [-0.15, -0.1) is 0 Å². The van der Waals surface area contributed by atoms with Crippen molar-refractivity contribution in [1.29, 1.82) is 0 Å². The van der Waals surface area contributed by atoms with Crippen molar-refractivity contribution in [3.05, 3.63) is 11.9 Å². The lowest BCUT2D eigenvalue weighted by Crippen LogP contribution is -2.37. The molecule has 0 saturated heterocycles. The second-order valence-electron chi connectivity index (χ2n) is 6.42. The Morgan fingerprint density at radius 1 is 1.15 bits per heavy atom. The van der Waals surface area contributed by atoms with E-state index in [4.69, 9.17) is 0 Å². The molecule has 1 aliphatic rings. The molecular formula is C16H28N4. The second kappa shape index (κ2) is 6.42. The van der Waals surface area contributed by atoms with Gasteiger partial charge < -0.3 is 10.6 Å². The Balaban J connectivity index is 2.28. The van der Waals surface area contributed by atoms with Crippen LogP contribution in [-0.2, 0) is 0 Å². The SMILES string of the molecule is CCNc1ncnc(NC2(C)CCCCC2)c1C(C)C. The standard InChI is InChI=1S/C16H28N4/c1-5-17-14-13(12(2)3)15(19-11-18-14)20-16(4)9-7-6-8-10-16/h11-12H,5-10H2,1-4H3,(H2,17,18,19,20). The largest absolute Gasteiger partial charge is 0.370 e. The highest BCUT2D eigenvalue weighted by Gasteiger charge is 2.28. The Kier molecular flexibility index (Phi) is 4.84. The van der Waals surface area contributed by atoms with E-state index in [9.17, 15) is 0 Å². The molecule has 1 aromatic rings. The van der Waals surface area contributed by atoms with Crippen molar-refractivity contribution in [1.82, 2.24) is 9.97 Å². The van der Waals surface area contributed by atoms with Crippen molar-refractivity contribution in [3.63, 3.8) is 0 Å². The van der Waals surface area contributed by atoms with Gasteiger partial charge in [0, 0.05) is 17.6 Å². The maximum absolute atomic E-state index is 4.52. The molecule has 0 unspecified atom stereocenters. The maximum Gasteiger partial charge on any atom is 0.135 e. The van der Waals surface area contributed by atoms with E-state index in [1.54, 1.807) is 6.33 Å². The van der Waals surface area contributed by atoms with Gasteiger partial charge in [0.1, 0.15) is 18.0 Å². The average molecular weight is 276 g/mol. The molecule has 1 heterocycles. The minimum atomic E-state index is 0.180. The molecule has 1 saturated carbocycles. The number of aromatic nitrogens is 2. The third-order valence-corrected chi connectivity index (χ3v) is 4.18. The first kappa shape index (κ1) is 15.1. The van der Waals surface area contributed by atoms with Crippen LogP contribution in [0.1, 0.15) is 71.3 Å². The Bertz CT molecular complexity index is 436. The van der Waals surface area contributed by atoms with Crippen LogP contribution in [0, 0.1) is 0 Å². The molecule has 0 atom stereocenters. The molecule has 0 amide bonds. The average Bonchev–Trinajstić information content (AvgIpc) is 2.39. The van der Waals surface area contributed by atoms with Crippen molar-refractivity contribution in [3.8, 4) is 0 Å².